The summed E-state index contributed by atoms with van der Waals surface area (Å²) in [6, 6.07) is 0. The summed E-state index contributed by atoms with van der Waals surface area (Å²) in [7, 11) is 0. The van der Waals surface area contributed by atoms with Crippen molar-refractivity contribution >= 4 is 11.9 Å². The minimum absolute atomic E-state index is 0.241. The minimum atomic E-state index is -1.65. The Morgan fingerprint density at radius 2 is 0.917 bits per heavy atom. The lowest BCUT2D eigenvalue weighted by Gasteiger charge is -2.46. The highest BCUT2D eigenvalue weighted by Crippen LogP contribution is 2.54. The molecule has 0 atom stereocenters. The molecule has 0 aromatic rings. The zero-order valence-corrected chi connectivity index (χ0v) is 16.2. The maximum absolute atomic E-state index is 12.3. The van der Waals surface area contributed by atoms with Gasteiger partial charge in [-0.25, -0.2) is 0 Å². The van der Waals surface area contributed by atoms with E-state index in [1.165, 1.54) is 0 Å². The average Bonchev–Trinajstić information content (AvgIpc) is 2.55. The summed E-state index contributed by atoms with van der Waals surface area (Å²) < 4.78 is 0. The second kappa shape index (κ2) is 11.5. The summed E-state index contributed by atoms with van der Waals surface area (Å²) in [5.41, 5.74) is -2.29. The third kappa shape index (κ3) is 5.22. The van der Waals surface area contributed by atoms with Gasteiger partial charge in [0, 0.05) is 0 Å². The van der Waals surface area contributed by atoms with Crippen molar-refractivity contribution in [3.8, 4) is 0 Å². The van der Waals surface area contributed by atoms with E-state index < -0.39 is 22.8 Å². The molecular formula is C20H38O4. The molecule has 4 nitrogen and oxygen atoms in total. The van der Waals surface area contributed by atoms with Gasteiger partial charge in [0.15, 0.2) is 5.41 Å². The Bertz CT molecular complexity index is 340. The third-order valence-electron chi connectivity index (χ3n) is 5.57. The van der Waals surface area contributed by atoms with Gasteiger partial charge in [-0.1, -0.05) is 79.1 Å². The molecule has 0 unspecified atom stereocenters. The molecule has 24 heavy (non-hydrogen) atoms. The van der Waals surface area contributed by atoms with Gasteiger partial charge in [0.25, 0.3) is 0 Å². The van der Waals surface area contributed by atoms with Crippen LogP contribution in [0, 0.1) is 10.8 Å². The third-order valence-corrected chi connectivity index (χ3v) is 5.57. The van der Waals surface area contributed by atoms with Gasteiger partial charge in [-0.05, 0) is 31.1 Å². The molecule has 0 heterocycles. The Balaban J connectivity index is 6.13. The smallest absolute Gasteiger partial charge is 0.321 e. The molecule has 0 aliphatic heterocycles. The molecule has 0 rings (SSSR count). The molecule has 0 aromatic carbocycles. The van der Waals surface area contributed by atoms with Crippen LogP contribution in [0.4, 0.5) is 0 Å². The van der Waals surface area contributed by atoms with Gasteiger partial charge in [0.2, 0.25) is 0 Å². The van der Waals surface area contributed by atoms with E-state index in [0.29, 0.717) is 25.7 Å². The number of hydrogen-bond acceptors (Lipinski definition) is 2. The van der Waals surface area contributed by atoms with Crippen molar-refractivity contribution < 1.29 is 19.8 Å². The van der Waals surface area contributed by atoms with Crippen molar-refractivity contribution in [3.05, 3.63) is 0 Å². The predicted molar refractivity (Wildman–Crippen MR) is 98.2 cm³/mol. The molecule has 0 saturated heterocycles. The first-order chi connectivity index (χ1) is 11.4. The Morgan fingerprint density at radius 1 is 0.625 bits per heavy atom. The van der Waals surface area contributed by atoms with Crippen molar-refractivity contribution in [3.63, 3.8) is 0 Å². The van der Waals surface area contributed by atoms with E-state index in [9.17, 15) is 19.8 Å². The van der Waals surface area contributed by atoms with Gasteiger partial charge >= 0.3 is 11.9 Å². The molecule has 0 aromatic heterocycles. The Morgan fingerprint density at radius 3 is 1.17 bits per heavy atom. The van der Waals surface area contributed by atoms with Crippen LogP contribution in [0.3, 0.4) is 0 Å². The largest absolute Gasteiger partial charge is 0.480 e. The van der Waals surface area contributed by atoms with Gasteiger partial charge in [-0.2, -0.15) is 0 Å². The number of aliphatic carboxylic acids is 2. The van der Waals surface area contributed by atoms with Gasteiger partial charge in [0.1, 0.15) is 0 Å². The summed E-state index contributed by atoms with van der Waals surface area (Å²) in [4.78, 5) is 24.6. The monoisotopic (exact) mass is 342 g/mol. The van der Waals surface area contributed by atoms with Crippen LogP contribution >= 0.6 is 0 Å². The van der Waals surface area contributed by atoms with E-state index in [0.717, 1.165) is 44.9 Å². The normalized spacial score (nSPS) is 12.3. The number of carbonyl (C=O) groups is 2. The molecule has 4 heteroatoms. The van der Waals surface area contributed by atoms with E-state index in [1.807, 2.05) is 6.92 Å². The van der Waals surface area contributed by atoms with Crippen LogP contribution in [0.2, 0.25) is 0 Å². The molecule has 0 spiro atoms. The number of hydrogen-bond donors (Lipinski definition) is 2. The maximum atomic E-state index is 12.3. The molecular weight excluding hydrogens is 304 g/mol. The summed E-state index contributed by atoms with van der Waals surface area (Å²) in [6.07, 6.45) is 9.36. The van der Waals surface area contributed by atoms with Crippen LogP contribution in [0.1, 0.15) is 105 Å². The van der Waals surface area contributed by atoms with Crippen LogP contribution in [-0.2, 0) is 9.59 Å². The lowest BCUT2D eigenvalue weighted by Crippen LogP contribution is -2.53. The first-order valence-corrected chi connectivity index (χ1v) is 9.85. The lowest BCUT2D eigenvalue weighted by molar-refractivity contribution is -0.180. The van der Waals surface area contributed by atoms with Crippen molar-refractivity contribution in [2.75, 3.05) is 0 Å². The van der Waals surface area contributed by atoms with Crippen LogP contribution in [-0.4, -0.2) is 22.2 Å². The van der Waals surface area contributed by atoms with Crippen LogP contribution in [0.5, 0.6) is 0 Å². The molecule has 2 N–H and O–H groups in total. The Labute approximate surface area is 148 Å². The van der Waals surface area contributed by atoms with E-state index in [1.54, 1.807) is 0 Å². The van der Waals surface area contributed by atoms with E-state index in [2.05, 4.69) is 20.8 Å². The average molecular weight is 343 g/mol. The minimum Gasteiger partial charge on any atom is -0.480 e. The second-order valence-corrected chi connectivity index (χ2v) is 7.21. The quantitative estimate of drug-likeness (QED) is 0.364. The van der Waals surface area contributed by atoms with Crippen molar-refractivity contribution in [1.29, 1.82) is 0 Å². The first kappa shape index (κ1) is 22.9. The van der Waals surface area contributed by atoms with E-state index >= 15 is 0 Å². The summed E-state index contributed by atoms with van der Waals surface area (Å²) in [5, 5.41) is 20.1. The molecule has 0 aliphatic carbocycles. The Hall–Kier alpha value is -1.06. The zero-order chi connectivity index (χ0) is 18.6. The summed E-state index contributed by atoms with van der Waals surface area (Å²) >= 11 is 0. The highest BCUT2D eigenvalue weighted by atomic mass is 16.4. The highest BCUT2D eigenvalue weighted by molar-refractivity contribution is 5.99. The van der Waals surface area contributed by atoms with Gasteiger partial charge < -0.3 is 10.2 Å². The predicted octanol–water partition coefficient (Wildman–Crippen LogP) is 5.89. The van der Waals surface area contributed by atoms with Crippen molar-refractivity contribution in [2.24, 2.45) is 10.8 Å². The Kier molecular flexibility index (Phi) is 11.0. The van der Waals surface area contributed by atoms with Crippen LogP contribution in [0.15, 0.2) is 0 Å². The molecule has 0 amide bonds. The number of carboxylic acids is 2. The van der Waals surface area contributed by atoms with Crippen molar-refractivity contribution in [1.82, 2.24) is 0 Å². The SMILES string of the molecule is CCCCC(CCCC)(CCCC)C(CCCC)(C(=O)O)C(=O)O. The molecule has 0 fully saturated rings. The highest BCUT2D eigenvalue weighted by Gasteiger charge is 2.60. The van der Waals surface area contributed by atoms with Crippen molar-refractivity contribution in [2.45, 2.75) is 105 Å². The number of rotatable bonds is 15. The molecule has 0 aliphatic rings. The van der Waals surface area contributed by atoms with Gasteiger partial charge in [0.05, 0.1) is 0 Å². The molecule has 142 valence electrons. The topological polar surface area (TPSA) is 74.6 Å². The van der Waals surface area contributed by atoms with E-state index in [-0.39, 0.29) is 6.42 Å². The van der Waals surface area contributed by atoms with Gasteiger partial charge in [-0.15, -0.1) is 0 Å². The number of carboxylic acid groups (broad SMARTS) is 2. The standard InChI is InChI=1S/C20H38O4/c1-5-9-13-19(14-10-6-2,15-11-7-3)20(17(21)22,18(23)24)16-12-8-4/h5-16H2,1-4H3,(H,21,22)(H,23,24). The molecule has 0 bridgehead atoms. The molecule has 0 saturated carbocycles. The zero-order valence-electron chi connectivity index (χ0n) is 16.2. The second-order valence-electron chi connectivity index (χ2n) is 7.21. The summed E-state index contributed by atoms with van der Waals surface area (Å²) in [6.45, 7) is 8.24. The fourth-order valence-corrected chi connectivity index (χ4v) is 4.03. The van der Waals surface area contributed by atoms with Crippen LogP contribution < -0.4 is 0 Å². The fourth-order valence-electron chi connectivity index (χ4n) is 4.03. The van der Waals surface area contributed by atoms with E-state index in [4.69, 9.17) is 0 Å². The molecule has 0 radical (unpaired) electrons. The fraction of sp³-hybridized carbons (Fsp3) is 0.900. The number of unbranched alkanes of at least 4 members (excludes halogenated alkanes) is 4. The first-order valence-electron chi connectivity index (χ1n) is 9.85. The maximum Gasteiger partial charge on any atom is 0.321 e. The van der Waals surface area contributed by atoms with Crippen LogP contribution in [0.25, 0.3) is 0 Å². The van der Waals surface area contributed by atoms with Gasteiger partial charge in [-0.3, -0.25) is 9.59 Å². The summed E-state index contributed by atoms with van der Waals surface area (Å²) in [5.74, 6) is -2.27. The lowest BCUT2D eigenvalue weighted by atomic mass is 9.54.